The van der Waals surface area contributed by atoms with E-state index >= 15 is 0 Å². The van der Waals surface area contributed by atoms with Crippen molar-refractivity contribution in [2.45, 2.75) is 18.8 Å². The van der Waals surface area contributed by atoms with Crippen LogP contribution in [0.25, 0.3) is 0 Å². The molecule has 0 spiro atoms. The highest BCUT2D eigenvalue weighted by molar-refractivity contribution is 7.13. The summed E-state index contributed by atoms with van der Waals surface area (Å²) in [6.07, 6.45) is 1.62. The van der Waals surface area contributed by atoms with E-state index in [1.165, 1.54) is 59.9 Å². The van der Waals surface area contributed by atoms with Gasteiger partial charge < -0.3 is 15.5 Å². The minimum Gasteiger partial charge on any atom is -0.324 e. The normalized spacial score (nSPS) is 16.1. The van der Waals surface area contributed by atoms with Gasteiger partial charge in [-0.05, 0) is 61.4 Å². The molecule has 1 aliphatic heterocycles. The lowest BCUT2D eigenvalue weighted by molar-refractivity contribution is 0.102. The summed E-state index contributed by atoms with van der Waals surface area (Å²) in [5.74, 6) is -1.21. The zero-order valence-electron chi connectivity index (χ0n) is 16.3. The average molecular weight is 443 g/mol. The standard InChI is InChI=1S/C21H19F2N5O2S/c22-14-3-7-16(8-4-14)24-18(29)20-27-26-19(31-20)13-2-1-11-28(12-13)21(30)25-17-9-5-15(23)6-10-17/h3-10,13H,1-2,11-12H2,(H,24,29)(H,25,30). The number of nitrogens with zero attached hydrogens (tertiary/aromatic N) is 3. The van der Waals surface area contributed by atoms with Crippen LogP contribution in [0.3, 0.4) is 0 Å². The predicted molar refractivity (Wildman–Crippen MR) is 113 cm³/mol. The molecule has 2 aromatic carbocycles. The van der Waals surface area contributed by atoms with E-state index in [-0.39, 0.29) is 28.6 Å². The number of amides is 3. The van der Waals surface area contributed by atoms with Gasteiger partial charge in [0.2, 0.25) is 5.01 Å². The first-order valence-electron chi connectivity index (χ1n) is 9.70. The van der Waals surface area contributed by atoms with Crippen molar-refractivity contribution < 1.29 is 18.4 Å². The third kappa shape index (κ3) is 5.21. The van der Waals surface area contributed by atoms with E-state index < -0.39 is 5.91 Å². The van der Waals surface area contributed by atoms with Gasteiger partial charge >= 0.3 is 6.03 Å². The summed E-state index contributed by atoms with van der Waals surface area (Å²) in [7, 11) is 0. The molecule has 3 amide bonds. The molecule has 0 aliphatic carbocycles. The van der Waals surface area contributed by atoms with Gasteiger partial charge in [-0.3, -0.25) is 4.79 Å². The van der Waals surface area contributed by atoms with E-state index in [4.69, 9.17) is 0 Å². The number of nitrogens with one attached hydrogen (secondary N) is 2. The van der Waals surface area contributed by atoms with Gasteiger partial charge in [0.15, 0.2) is 0 Å². The number of hydrogen-bond donors (Lipinski definition) is 2. The first-order valence-corrected chi connectivity index (χ1v) is 10.5. The van der Waals surface area contributed by atoms with E-state index in [0.717, 1.165) is 12.8 Å². The van der Waals surface area contributed by atoms with Crippen molar-refractivity contribution in [3.8, 4) is 0 Å². The maximum Gasteiger partial charge on any atom is 0.321 e. The van der Waals surface area contributed by atoms with Crippen molar-refractivity contribution in [1.29, 1.82) is 0 Å². The zero-order chi connectivity index (χ0) is 21.8. The minimum atomic E-state index is -0.419. The molecule has 2 heterocycles. The number of halogens is 2. The smallest absolute Gasteiger partial charge is 0.321 e. The molecule has 1 atom stereocenters. The van der Waals surface area contributed by atoms with E-state index in [2.05, 4.69) is 20.8 Å². The van der Waals surface area contributed by atoms with Gasteiger partial charge in [0.1, 0.15) is 16.6 Å². The summed E-state index contributed by atoms with van der Waals surface area (Å²) >= 11 is 1.18. The van der Waals surface area contributed by atoms with Crippen LogP contribution in [0, 0.1) is 11.6 Å². The van der Waals surface area contributed by atoms with Gasteiger partial charge in [-0.25, -0.2) is 13.6 Å². The summed E-state index contributed by atoms with van der Waals surface area (Å²) in [5.41, 5.74) is 0.980. The van der Waals surface area contributed by atoms with Crippen molar-refractivity contribution in [3.63, 3.8) is 0 Å². The van der Waals surface area contributed by atoms with Crippen molar-refractivity contribution in [1.82, 2.24) is 15.1 Å². The number of anilines is 2. The highest BCUT2D eigenvalue weighted by Crippen LogP contribution is 2.29. The van der Waals surface area contributed by atoms with Gasteiger partial charge in [0.25, 0.3) is 5.91 Å². The monoisotopic (exact) mass is 443 g/mol. The molecule has 1 saturated heterocycles. The molecule has 4 rings (SSSR count). The molecule has 0 saturated carbocycles. The number of carbonyl (C=O) groups is 2. The van der Waals surface area contributed by atoms with Crippen molar-refractivity contribution in [2.75, 3.05) is 23.7 Å². The van der Waals surface area contributed by atoms with Crippen LogP contribution < -0.4 is 10.6 Å². The lowest BCUT2D eigenvalue weighted by Gasteiger charge is -2.31. The fourth-order valence-electron chi connectivity index (χ4n) is 3.31. The summed E-state index contributed by atoms with van der Waals surface area (Å²) in [6.45, 7) is 1.04. The van der Waals surface area contributed by atoms with Crippen molar-refractivity contribution in [3.05, 3.63) is 70.2 Å². The van der Waals surface area contributed by atoms with Crippen LogP contribution in [0.4, 0.5) is 25.0 Å². The Hall–Kier alpha value is -3.40. The van der Waals surface area contributed by atoms with Crippen molar-refractivity contribution >= 4 is 34.6 Å². The molecule has 31 heavy (non-hydrogen) atoms. The number of urea groups is 1. The molecule has 7 nitrogen and oxygen atoms in total. The second kappa shape index (κ2) is 9.17. The Morgan fingerprint density at radius 3 is 2.19 bits per heavy atom. The molecule has 0 radical (unpaired) electrons. The van der Waals surface area contributed by atoms with Crippen molar-refractivity contribution in [2.24, 2.45) is 0 Å². The van der Waals surface area contributed by atoms with Crippen LogP contribution in [-0.2, 0) is 0 Å². The first-order chi connectivity index (χ1) is 15.0. The van der Waals surface area contributed by atoms with Crippen LogP contribution in [0.15, 0.2) is 48.5 Å². The molecule has 3 aromatic rings. The van der Waals surface area contributed by atoms with E-state index in [9.17, 15) is 18.4 Å². The third-order valence-corrected chi connectivity index (χ3v) is 5.97. The second-order valence-corrected chi connectivity index (χ2v) is 8.14. The molecule has 1 fully saturated rings. The van der Waals surface area contributed by atoms with Crippen LogP contribution in [0.2, 0.25) is 0 Å². The number of rotatable bonds is 4. The Morgan fingerprint density at radius 2 is 1.55 bits per heavy atom. The number of benzene rings is 2. The molecule has 1 unspecified atom stereocenters. The summed E-state index contributed by atoms with van der Waals surface area (Å²) in [4.78, 5) is 26.6. The lowest BCUT2D eigenvalue weighted by Crippen LogP contribution is -2.41. The SMILES string of the molecule is O=C(Nc1ccc(F)cc1)c1nnc(C2CCCN(C(=O)Nc3ccc(F)cc3)C2)s1. The minimum absolute atomic E-state index is 0.0300. The lowest BCUT2D eigenvalue weighted by atomic mass is 9.99. The summed E-state index contributed by atoms with van der Waals surface area (Å²) in [5, 5.41) is 14.4. The maximum absolute atomic E-state index is 13.0. The average Bonchev–Trinajstić information content (AvgIpc) is 3.28. The van der Waals surface area contributed by atoms with E-state index in [1.807, 2.05) is 0 Å². The Labute approximate surface area is 181 Å². The van der Waals surface area contributed by atoms with Crippen LogP contribution in [0.1, 0.15) is 33.6 Å². The molecule has 10 heteroatoms. The number of hydrogen-bond acceptors (Lipinski definition) is 5. The van der Waals surface area contributed by atoms with Gasteiger partial charge in [0, 0.05) is 30.4 Å². The van der Waals surface area contributed by atoms with E-state index in [0.29, 0.717) is 29.5 Å². The zero-order valence-corrected chi connectivity index (χ0v) is 17.2. The van der Waals surface area contributed by atoms with Gasteiger partial charge in [-0.15, -0.1) is 10.2 Å². The number of piperidine rings is 1. The molecule has 1 aliphatic rings. The highest BCUT2D eigenvalue weighted by atomic mass is 32.1. The topological polar surface area (TPSA) is 87.2 Å². The van der Waals surface area contributed by atoms with E-state index in [1.54, 1.807) is 4.90 Å². The molecule has 0 bridgehead atoms. The summed E-state index contributed by atoms with van der Waals surface area (Å²) in [6, 6.07) is 10.8. The van der Waals surface area contributed by atoms with Crippen LogP contribution >= 0.6 is 11.3 Å². The molecule has 2 N–H and O–H groups in total. The Balaban J connectivity index is 1.37. The van der Waals surface area contributed by atoms with Gasteiger partial charge in [0.05, 0.1) is 0 Å². The van der Waals surface area contributed by atoms with Gasteiger partial charge in [-0.2, -0.15) is 0 Å². The quantitative estimate of drug-likeness (QED) is 0.622. The highest BCUT2D eigenvalue weighted by Gasteiger charge is 2.28. The Morgan fingerprint density at radius 1 is 0.935 bits per heavy atom. The fraction of sp³-hybridized carbons (Fsp3) is 0.238. The maximum atomic E-state index is 13.0. The first kappa shape index (κ1) is 20.9. The van der Waals surface area contributed by atoms with Gasteiger partial charge in [-0.1, -0.05) is 11.3 Å². The molecule has 1 aromatic heterocycles. The largest absolute Gasteiger partial charge is 0.324 e. The predicted octanol–water partition coefficient (Wildman–Crippen LogP) is 4.48. The number of likely N-dealkylation sites (tertiary alicyclic amines) is 1. The molecule has 160 valence electrons. The Kier molecular flexibility index (Phi) is 6.17. The molecular formula is C21H19F2N5O2S. The third-order valence-electron chi connectivity index (χ3n) is 4.89. The van der Waals surface area contributed by atoms with Crippen LogP contribution in [0.5, 0.6) is 0 Å². The Bertz CT molecular complexity index is 1070. The second-order valence-electron chi connectivity index (χ2n) is 7.13. The fourth-order valence-corrected chi connectivity index (χ4v) is 4.17. The number of carbonyl (C=O) groups excluding carboxylic acids is 2. The number of aromatic nitrogens is 2. The van der Waals surface area contributed by atoms with Crippen LogP contribution in [-0.4, -0.2) is 40.1 Å². The molecular weight excluding hydrogens is 424 g/mol. The summed E-state index contributed by atoms with van der Waals surface area (Å²) < 4.78 is 26.0.